The fourth-order valence-electron chi connectivity index (χ4n) is 3.91. The molecular formula is C18H23NO3S2. The lowest BCUT2D eigenvalue weighted by atomic mass is 10.1. The van der Waals surface area contributed by atoms with Gasteiger partial charge in [-0.3, -0.25) is 4.79 Å². The van der Waals surface area contributed by atoms with Crippen molar-refractivity contribution in [2.45, 2.75) is 55.5 Å². The van der Waals surface area contributed by atoms with Crippen molar-refractivity contribution in [1.82, 2.24) is 4.90 Å². The van der Waals surface area contributed by atoms with Crippen molar-refractivity contribution in [3.8, 4) is 0 Å². The van der Waals surface area contributed by atoms with E-state index in [9.17, 15) is 13.2 Å². The van der Waals surface area contributed by atoms with E-state index in [-0.39, 0.29) is 29.5 Å². The quantitative estimate of drug-likeness (QED) is 0.752. The molecule has 1 aromatic carbocycles. The van der Waals surface area contributed by atoms with E-state index in [1.54, 1.807) is 11.8 Å². The average molecular weight is 366 g/mol. The number of fused-ring (bicyclic) bond motifs is 1. The molecule has 0 N–H and O–H groups in total. The Morgan fingerprint density at radius 1 is 1.12 bits per heavy atom. The molecule has 3 aliphatic rings. The number of nitrogens with zero attached hydrogens (tertiary/aromatic N) is 1. The van der Waals surface area contributed by atoms with Crippen LogP contribution in [0.1, 0.15) is 36.8 Å². The predicted octanol–water partition coefficient (Wildman–Crippen LogP) is 2.45. The van der Waals surface area contributed by atoms with E-state index in [2.05, 4.69) is 18.2 Å². The minimum Gasteiger partial charge on any atom is -0.335 e. The molecule has 1 unspecified atom stereocenters. The number of rotatable bonds is 5. The normalized spacial score (nSPS) is 24.8. The maximum atomic E-state index is 12.7. The topological polar surface area (TPSA) is 54.5 Å². The second-order valence-corrected chi connectivity index (χ2v) is 10.4. The second kappa shape index (κ2) is 6.37. The van der Waals surface area contributed by atoms with Crippen LogP contribution in [0.4, 0.5) is 0 Å². The summed E-state index contributed by atoms with van der Waals surface area (Å²) in [5.41, 5.74) is 2.87. The Bertz CT molecular complexity index is 756. The summed E-state index contributed by atoms with van der Waals surface area (Å²) < 4.78 is 23.5. The van der Waals surface area contributed by atoms with Gasteiger partial charge in [-0.15, -0.1) is 11.8 Å². The van der Waals surface area contributed by atoms with Crippen LogP contribution in [0.2, 0.25) is 0 Å². The lowest BCUT2D eigenvalue weighted by Gasteiger charge is -2.28. The van der Waals surface area contributed by atoms with Crippen LogP contribution in [0.15, 0.2) is 23.1 Å². The smallest absolute Gasteiger partial charge is 0.233 e. The van der Waals surface area contributed by atoms with Crippen molar-refractivity contribution in [2.75, 3.05) is 17.3 Å². The highest BCUT2D eigenvalue weighted by atomic mass is 32.2. The summed E-state index contributed by atoms with van der Waals surface area (Å²) in [6, 6.07) is 6.70. The number of carbonyl (C=O) groups excluding carboxylic acids is 1. The number of carbonyl (C=O) groups is 1. The average Bonchev–Trinajstić information content (AvgIpc) is 3.14. The molecule has 1 heterocycles. The van der Waals surface area contributed by atoms with Gasteiger partial charge in [0.1, 0.15) is 0 Å². The molecule has 24 heavy (non-hydrogen) atoms. The third kappa shape index (κ3) is 3.49. The first-order valence-corrected chi connectivity index (χ1v) is 11.6. The van der Waals surface area contributed by atoms with Gasteiger partial charge in [0.15, 0.2) is 9.84 Å². The molecule has 4 rings (SSSR count). The second-order valence-electron chi connectivity index (χ2n) is 7.16. The van der Waals surface area contributed by atoms with Gasteiger partial charge in [0.05, 0.1) is 17.3 Å². The minimum atomic E-state index is -2.95. The highest BCUT2D eigenvalue weighted by molar-refractivity contribution is 8.00. The summed E-state index contributed by atoms with van der Waals surface area (Å²) >= 11 is 1.59. The maximum Gasteiger partial charge on any atom is 0.233 e. The van der Waals surface area contributed by atoms with Crippen molar-refractivity contribution in [3.05, 3.63) is 29.3 Å². The summed E-state index contributed by atoms with van der Waals surface area (Å²) in [4.78, 5) is 15.8. The van der Waals surface area contributed by atoms with Gasteiger partial charge < -0.3 is 4.90 Å². The first-order chi connectivity index (χ1) is 11.5. The molecule has 0 aromatic heterocycles. The van der Waals surface area contributed by atoms with Crippen molar-refractivity contribution in [2.24, 2.45) is 0 Å². The van der Waals surface area contributed by atoms with Crippen LogP contribution >= 0.6 is 11.8 Å². The molecule has 1 amide bonds. The Labute approximate surface area is 147 Å². The Morgan fingerprint density at radius 2 is 1.92 bits per heavy atom. The van der Waals surface area contributed by atoms with Crippen LogP contribution in [-0.4, -0.2) is 48.6 Å². The Balaban J connectivity index is 1.41. The number of hydrogen-bond acceptors (Lipinski definition) is 4. The Kier molecular flexibility index (Phi) is 4.37. The maximum absolute atomic E-state index is 12.7. The number of benzene rings is 1. The molecule has 0 bridgehead atoms. The zero-order valence-corrected chi connectivity index (χ0v) is 15.4. The standard InChI is InChI=1S/C18H23NO3S2/c20-18(11-23-17-7-4-13-2-1-3-14(13)10-17)19(15-5-6-15)16-8-9-24(21,22)12-16/h4,7,10,15-16H,1-3,5-6,8-9,11-12H2. The van der Waals surface area contributed by atoms with Crippen LogP contribution in [0.5, 0.6) is 0 Å². The van der Waals surface area contributed by atoms with Crippen molar-refractivity contribution >= 4 is 27.5 Å². The highest BCUT2D eigenvalue weighted by Crippen LogP contribution is 2.34. The van der Waals surface area contributed by atoms with Gasteiger partial charge in [-0.1, -0.05) is 6.07 Å². The molecule has 130 valence electrons. The van der Waals surface area contributed by atoms with Crippen LogP contribution < -0.4 is 0 Å². The third-order valence-corrected chi connectivity index (χ3v) is 7.99. The van der Waals surface area contributed by atoms with E-state index >= 15 is 0 Å². The van der Waals surface area contributed by atoms with Crippen LogP contribution in [0.25, 0.3) is 0 Å². The van der Waals surface area contributed by atoms with Crippen LogP contribution in [0.3, 0.4) is 0 Å². The fourth-order valence-corrected chi connectivity index (χ4v) is 6.45. The van der Waals surface area contributed by atoms with E-state index in [1.807, 2.05) is 4.90 Å². The van der Waals surface area contributed by atoms with E-state index in [0.29, 0.717) is 12.2 Å². The number of amides is 1. The van der Waals surface area contributed by atoms with E-state index < -0.39 is 9.84 Å². The largest absolute Gasteiger partial charge is 0.335 e. The van der Waals surface area contributed by atoms with Crippen LogP contribution in [0, 0.1) is 0 Å². The first-order valence-electron chi connectivity index (χ1n) is 8.78. The summed E-state index contributed by atoms with van der Waals surface area (Å²) in [5.74, 6) is 0.890. The van der Waals surface area contributed by atoms with Crippen LogP contribution in [-0.2, 0) is 27.5 Å². The van der Waals surface area contributed by atoms with Gasteiger partial charge in [-0.25, -0.2) is 8.42 Å². The van der Waals surface area contributed by atoms with Gasteiger partial charge in [0.25, 0.3) is 0 Å². The molecule has 1 atom stereocenters. The molecule has 0 radical (unpaired) electrons. The Morgan fingerprint density at radius 3 is 2.62 bits per heavy atom. The van der Waals surface area contributed by atoms with E-state index in [4.69, 9.17) is 0 Å². The minimum absolute atomic E-state index is 0.101. The fraction of sp³-hybridized carbons (Fsp3) is 0.611. The zero-order chi connectivity index (χ0) is 16.7. The van der Waals surface area contributed by atoms with Gasteiger partial charge in [-0.2, -0.15) is 0 Å². The lowest BCUT2D eigenvalue weighted by molar-refractivity contribution is -0.130. The lowest BCUT2D eigenvalue weighted by Crippen LogP contribution is -2.43. The molecule has 1 aromatic rings. The molecule has 1 saturated heterocycles. The Hall–Kier alpha value is -1.01. The molecule has 6 heteroatoms. The number of hydrogen-bond donors (Lipinski definition) is 0. The molecule has 2 fully saturated rings. The third-order valence-electron chi connectivity index (χ3n) is 5.26. The SMILES string of the molecule is O=C(CSc1ccc2c(c1)CCC2)N(C1CC1)C1CCS(=O)(=O)C1. The number of thioether (sulfide) groups is 1. The molecule has 1 aliphatic heterocycles. The van der Waals surface area contributed by atoms with Crippen molar-refractivity contribution in [1.29, 1.82) is 0 Å². The van der Waals surface area contributed by atoms with E-state index in [0.717, 1.165) is 24.2 Å². The zero-order valence-electron chi connectivity index (χ0n) is 13.7. The summed E-state index contributed by atoms with van der Waals surface area (Å²) in [6.07, 6.45) is 6.19. The highest BCUT2D eigenvalue weighted by Gasteiger charge is 2.41. The molecule has 4 nitrogen and oxygen atoms in total. The van der Waals surface area contributed by atoms with Gasteiger partial charge in [0, 0.05) is 17.0 Å². The van der Waals surface area contributed by atoms with Gasteiger partial charge in [0.2, 0.25) is 5.91 Å². The van der Waals surface area contributed by atoms with E-state index in [1.165, 1.54) is 24.0 Å². The molecule has 2 aliphatic carbocycles. The molecule has 0 spiro atoms. The molecule has 1 saturated carbocycles. The summed E-state index contributed by atoms with van der Waals surface area (Å²) in [6.45, 7) is 0. The monoisotopic (exact) mass is 365 g/mol. The number of aryl methyl sites for hydroxylation is 2. The predicted molar refractivity (Wildman–Crippen MR) is 96.1 cm³/mol. The number of sulfone groups is 1. The summed E-state index contributed by atoms with van der Waals surface area (Å²) in [5, 5.41) is 0. The van der Waals surface area contributed by atoms with Gasteiger partial charge in [-0.05, 0) is 61.8 Å². The molecular weight excluding hydrogens is 342 g/mol. The van der Waals surface area contributed by atoms with Gasteiger partial charge >= 0.3 is 0 Å². The van der Waals surface area contributed by atoms with Crippen molar-refractivity contribution in [3.63, 3.8) is 0 Å². The first kappa shape index (κ1) is 16.5. The van der Waals surface area contributed by atoms with Crippen molar-refractivity contribution < 1.29 is 13.2 Å². The summed E-state index contributed by atoms with van der Waals surface area (Å²) in [7, 11) is -2.95.